The fraction of sp³-hybridized carbons (Fsp3) is 0.417. The van der Waals surface area contributed by atoms with Crippen LogP contribution in [0.1, 0.15) is 22.8 Å². The van der Waals surface area contributed by atoms with E-state index in [0.717, 1.165) is 5.56 Å². The number of aryl methyl sites for hydroxylation is 1. The third kappa shape index (κ3) is 7.57. The molecule has 2 N–H and O–H groups in total. The summed E-state index contributed by atoms with van der Waals surface area (Å²) in [5, 5.41) is 8.52. The van der Waals surface area contributed by atoms with Gasteiger partial charge in [-0.3, -0.25) is 9.63 Å². The molecule has 0 bridgehead atoms. The van der Waals surface area contributed by atoms with Crippen molar-refractivity contribution in [3.05, 3.63) is 35.1 Å². The topological polar surface area (TPSA) is 58.6 Å². The molecule has 0 aliphatic heterocycles. The molecule has 0 amide bonds. The zero-order chi connectivity index (χ0) is 13.3. The van der Waals surface area contributed by atoms with Crippen molar-refractivity contribution in [1.82, 2.24) is 5.48 Å². The van der Waals surface area contributed by atoms with Crippen LogP contribution >= 0.6 is 0 Å². The molecule has 0 aliphatic carbocycles. The lowest BCUT2D eigenvalue weighted by Crippen LogP contribution is -2.17. The molecule has 1 rings (SSSR count). The normalized spacial score (nSPS) is 11.4. The van der Waals surface area contributed by atoms with Crippen LogP contribution in [0.5, 0.6) is 0 Å². The van der Waals surface area contributed by atoms with Crippen molar-refractivity contribution in [1.29, 1.82) is 0 Å². The molecule has 0 aliphatic rings. The SMILES string of the molecule is CNOCC(C)O.Cc1ccc(C=O)c(F)c1. The molecular weight excluding hydrogens is 225 g/mol. The van der Waals surface area contributed by atoms with Gasteiger partial charge in [0.15, 0.2) is 6.29 Å². The summed E-state index contributed by atoms with van der Waals surface area (Å²) in [5.41, 5.74) is 3.38. The minimum Gasteiger partial charge on any atom is -0.391 e. The van der Waals surface area contributed by atoms with Gasteiger partial charge in [0, 0.05) is 7.05 Å². The predicted molar refractivity (Wildman–Crippen MR) is 63.2 cm³/mol. The summed E-state index contributed by atoms with van der Waals surface area (Å²) in [6, 6.07) is 4.51. The van der Waals surface area contributed by atoms with Crippen LogP contribution in [0.4, 0.5) is 4.39 Å². The first-order chi connectivity index (χ1) is 8.01. The maximum atomic E-state index is 12.6. The van der Waals surface area contributed by atoms with Gasteiger partial charge in [-0.1, -0.05) is 6.07 Å². The number of aliphatic hydroxyl groups is 1. The summed E-state index contributed by atoms with van der Waals surface area (Å²) in [7, 11) is 1.66. The smallest absolute Gasteiger partial charge is 0.152 e. The van der Waals surface area contributed by atoms with E-state index in [4.69, 9.17) is 5.11 Å². The first kappa shape index (κ1) is 15.7. The van der Waals surface area contributed by atoms with Crippen molar-refractivity contribution in [3.63, 3.8) is 0 Å². The highest BCUT2D eigenvalue weighted by atomic mass is 19.1. The Labute approximate surface area is 100 Å². The second kappa shape index (κ2) is 8.81. The summed E-state index contributed by atoms with van der Waals surface area (Å²) in [6.07, 6.45) is 0.127. The number of nitrogens with one attached hydrogen (secondary N) is 1. The molecule has 0 fully saturated rings. The number of hydrogen-bond acceptors (Lipinski definition) is 4. The third-order valence-electron chi connectivity index (χ3n) is 1.75. The average Bonchev–Trinajstić information content (AvgIpc) is 2.27. The van der Waals surface area contributed by atoms with Gasteiger partial charge in [0.25, 0.3) is 0 Å². The first-order valence-corrected chi connectivity index (χ1v) is 5.19. The molecule has 0 saturated carbocycles. The number of hydrogen-bond donors (Lipinski definition) is 2. The first-order valence-electron chi connectivity index (χ1n) is 5.19. The van der Waals surface area contributed by atoms with Gasteiger partial charge in [-0.2, -0.15) is 0 Å². The molecule has 1 aromatic rings. The van der Waals surface area contributed by atoms with E-state index >= 15 is 0 Å². The Bertz CT molecular complexity index is 343. The van der Waals surface area contributed by atoms with Crippen molar-refractivity contribution in [2.24, 2.45) is 0 Å². The Morgan fingerprint density at radius 1 is 1.59 bits per heavy atom. The van der Waals surface area contributed by atoms with E-state index in [1.807, 2.05) is 0 Å². The average molecular weight is 243 g/mol. The Morgan fingerprint density at radius 3 is 2.59 bits per heavy atom. The lowest BCUT2D eigenvalue weighted by molar-refractivity contribution is -0.00191. The Balaban J connectivity index is 0.000000325. The maximum absolute atomic E-state index is 12.6. The molecule has 1 aromatic carbocycles. The molecule has 1 unspecified atom stereocenters. The zero-order valence-electron chi connectivity index (χ0n) is 10.2. The molecule has 17 heavy (non-hydrogen) atoms. The molecule has 5 heteroatoms. The Hall–Kier alpha value is -1.30. The number of rotatable bonds is 4. The summed E-state index contributed by atoms with van der Waals surface area (Å²) in [5.74, 6) is -0.449. The molecule has 0 spiro atoms. The van der Waals surface area contributed by atoms with Crippen molar-refractivity contribution in [2.45, 2.75) is 20.0 Å². The summed E-state index contributed by atoms with van der Waals surface area (Å²) in [4.78, 5) is 14.7. The summed E-state index contributed by atoms with van der Waals surface area (Å²) in [6.45, 7) is 3.78. The molecule has 4 nitrogen and oxygen atoms in total. The maximum Gasteiger partial charge on any atom is 0.152 e. The van der Waals surface area contributed by atoms with Crippen LogP contribution < -0.4 is 5.48 Å². The van der Waals surface area contributed by atoms with Crippen LogP contribution in [0.25, 0.3) is 0 Å². The molecule has 1 atom stereocenters. The van der Waals surface area contributed by atoms with Gasteiger partial charge in [0.1, 0.15) is 5.82 Å². The molecule has 0 saturated heterocycles. The van der Waals surface area contributed by atoms with Gasteiger partial charge >= 0.3 is 0 Å². The fourth-order valence-corrected chi connectivity index (χ4v) is 0.932. The molecular formula is C12H18FNO3. The summed E-state index contributed by atoms with van der Waals surface area (Å²) >= 11 is 0. The number of carbonyl (C=O) groups excluding carboxylic acids is 1. The summed E-state index contributed by atoms with van der Waals surface area (Å²) < 4.78 is 12.6. The van der Waals surface area contributed by atoms with Gasteiger partial charge in [0.2, 0.25) is 0 Å². The molecule has 96 valence electrons. The van der Waals surface area contributed by atoms with E-state index in [1.165, 1.54) is 12.1 Å². The van der Waals surface area contributed by atoms with E-state index < -0.39 is 5.82 Å². The molecule has 0 radical (unpaired) electrons. The van der Waals surface area contributed by atoms with Gasteiger partial charge in [-0.25, -0.2) is 9.87 Å². The number of hydroxylamine groups is 1. The monoisotopic (exact) mass is 243 g/mol. The second-order valence-electron chi connectivity index (χ2n) is 3.51. The number of aldehydes is 1. The minimum atomic E-state index is -0.449. The highest BCUT2D eigenvalue weighted by molar-refractivity contribution is 5.75. The van der Waals surface area contributed by atoms with Crippen molar-refractivity contribution >= 4 is 6.29 Å². The Kier molecular flexibility index (Phi) is 8.13. The molecule has 0 heterocycles. The predicted octanol–water partition coefficient (Wildman–Crippen LogP) is 1.46. The van der Waals surface area contributed by atoms with E-state index in [-0.39, 0.29) is 11.7 Å². The van der Waals surface area contributed by atoms with Crippen LogP contribution in [0.15, 0.2) is 18.2 Å². The van der Waals surface area contributed by atoms with E-state index in [2.05, 4.69) is 10.3 Å². The highest BCUT2D eigenvalue weighted by Gasteiger charge is 1.98. The second-order valence-corrected chi connectivity index (χ2v) is 3.51. The quantitative estimate of drug-likeness (QED) is 0.621. The van der Waals surface area contributed by atoms with Crippen molar-refractivity contribution in [2.75, 3.05) is 13.7 Å². The van der Waals surface area contributed by atoms with Gasteiger partial charge in [-0.15, -0.1) is 0 Å². The van der Waals surface area contributed by atoms with E-state index in [9.17, 15) is 9.18 Å². The van der Waals surface area contributed by atoms with Gasteiger partial charge in [-0.05, 0) is 31.5 Å². The minimum absolute atomic E-state index is 0.116. The van der Waals surface area contributed by atoms with Crippen molar-refractivity contribution in [3.8, 4) is 0 Å². The van der Waals surface area contributed by atoms with Crippen LogP contribution in [0.2, 0.25) is 0 Å². The van der Waals surface area contributed by atoms with Gasteiger partial charge in [0.05, 0.1) is 18.3 Å². The lowest BCUT2D eigenvalue weighted by Gasteiger charge is -2.01. The van der Waals surface area contributed by atoms with E-state index in [0.29, 0.717) is 12.9 Å². The number of carbonyl (C=O) groups is 1. The van der Waals surface area contributed by atoms with Crippen LogP contribution in [0, 0.1) is 12.7 Å². The van der Waals surface area contributed by atoms with Crippen LogP contribution in [-0.2, 0) is 4.84 Å². The standard InChI is InChI=1S/C8H7FO.C4H11NO2/c1-6-2-3-7(5-10)8(9)4-6;1-4(6)3-7-5-2/h2-5H,1H3;4-6H,3H2,1-2H3. The number of benzene rings is 1. The largest absolute Gasteiger partial charge is 0.391 e. The van der Waals surface area contributed by atoms with Crippen molar-refractivity contribution < 1.29 is 19.1 Å². The number of aliphatic hydroxyl groups excluding tert-OH is 1. The number of halogens is 1. The lowest BCUT2D eigenvalue weighted by atomic mass is 10.1. The fourth-order valence-electron chi connectivity index (χ4n) is 0.932. The van der Waals surface area contributed by atoms with E-state index in [1.54, 1.807) is 27.0 Å². The molecule has 0 aromatic heterocycles. The third-order valence-corrected chi connectivity index (χ3v) is 1.75. The van der Waals surface area contributed by atoms with Gasteiger partial charge < -0.3 is 5.11 Å². The highest BCUT2D eigenvalue weighted by Crippen LogP contribution is 2.06. The Morgan fingerprint density at radius 2 is 2.24 bits per heavy atom. The van der Waals surface area contributed by atoms with Crippen LogP contribution in [-0.4, -0.2) is 31.2 Å². The van der Waals surface area contributed by atoms with Crippen LogP contribution in [0.3, 0.4) is 0 Å². The zero-order valence-corrected chi connectivity index (χ0v) is 10.2.